The zero-order valence-electron chi connectivity index (χ0n) is 15.0. The Kier molecular flexibility index (Phi) is 5.96. The molecule has 0 saturated heterocycles. The molecule has 0 radical (unpaired) electrons. The molecule has 2 heterocycles. The van der Waals surface area contributed by atoms with Gasteiger partial charge in [-0.2, -0.15) is 5.10 Å². The summed E-state index contributed by atoms with van der Waals surface area (Å²) in [7, 11) is 1.55. The minimum absolute atomic E-state index is 0.0476. The molecular weight excluding hydrogens is 407 g/mol. The Hall–Kier alpha value is -2.91. The van der Waals surface area contributed by atoms with Crippen LogP contribution in [0.15, 0.2) is 30.6 Å². The second-order valence-electron chi connectivity index (χ2n) is 5.73. The van der Waals surface area contributed by atoms with Crippen molar-refractivity contribution in [1.29, 1.82) is 0 Å². The molecule has 0 aliphatic heterocycles. The van der Waals surface area contributed by atoms with Crippen LogP contribution in [0.4, 0.5) is 5.95 Å². The highest BCUT2D eigenvalue weighted by Gasteiger charge is 2.19. The van der Waals surface area contributed by atoms with Gasteiger partial charge >= 0.3 is 5.97 Å². The van der Waals surface area contributed by atoms with Crippen LogP contribution in [-0.2, 0) is 18.3 Å². The number of nitrogens with zero attached hydrogens (tertiary/aromatic N) is 5. The monoisotopic (exact) mass is 422 g/mol. The van der Waals surface area contributed by atoms with Gasteiger partial charge in [0.2, 0.25) is 5.95 Å². The van der Waals surface area contributed by atoms with Gasteiger partial charge in [-0.15, -0.1) is 5.10 Å². The Morgan fingerprint density at radius 2 is 1.96 bits per heavy atom. The molecular formula is C17H16Cl2N6O3. The summed E-state index contributed by atoms with van der Waals surface area (Å²) >= 11 is 11.9. The third-order valence-corrected chi connectivity index (χ3v) is 4.43. The Bertz CT molecular complexity index is 1030. The second-order valence-corrected chi connectivity index (χ2v) is 6.54. The first-order chi connectivity index (χ1) is 13.4. The van der Waals surface area contributed by atoms with Crippen LogP contribution in [0.25, 0.3) is 0 Å². The molecule has 0 saturated carbocycles. The van der Waals surface area contributed by atoms with Crippen molar-refractivity contribution in [2.24, 2.45) is 7.05 Å². The average molecular weight is 423 g/mol. The molecule has 0 aliphatic carbocycles. The molecule has 0 fully saturated rings. The van der Waals surface area contributed by atoms with Gasteiger partial charge < -0.3 is 4.74 Å². The zero-order valence-corrected chi connectivity index (χ0v) is 16.5. The number of halogens is 2. The molecule has 9 nitrogen and oxygen atoms in total. The maximum Gasteiger partial charge on any atom is 0.356 e. The number of aryl methyl sites for hydroxylation is 1. The predicted molar refractivity (Wildman–Crippen MR) is 103 cm³/mol. The van der Waals surface area contributed by atoms with E-state index in [9.17, 15) is 9.59 Å². The SMILES string of the molecule is CCOC(=O)c1cc(C(=O)Nc2ncn(Cc3ccc(Cl)c(Cl)c3)n2)nn1C. The molecule has 146 valence electrons. The fraction of sp³-hybridized carbons (Fsp3) is 0.235. The van der Waals surface area contributed by atoms with Crippen LogP contribution in [0.2, 0.25) is 10.0 Å². The number of nitrogens with one attached hydrogen (secondary N) is 1. The molecule has 1 N–H and O–H groups in total. The molecule has 2 aromatic heterocycles. The molecule has 0 unspecified atom stereocenters. The lowest BCUT2D eigenvalue weighted by molar-refractivity contribution is 0.0513. The Morgan fingerprint density at radius 3 is 2.68 bits per heavy atom. The summed E-state index contributed by atoms with van der Waals surface area (Å²) in [5.41, 5.74) is 1.09. The highest BCUT2D eigenvalue weighted by atomic mass is 35.5. The topological polar surface area (TPSA) is 104 Å². The molecule has 3 rings (SSSR count). The van der Waals surface area contributed by atoms with Gasteiger partial charge in [-0.3, -0.25) is 14.8 Å². The van der Waals surface area contributed by atoms with Crippen LogP contribution in [0.5, 0.6) is 0 Å². The van der Waals surface area contributed by atoms with E-state index in [0.717, 1.165) is 5.56 Å². The van der Waals surface area contributed by atoms with E-state index in [4.69, 9.17) is 27.9 Å². The van der Waals surface area contributed by atoms with E-state index in [0.29, 0.717) is 16.6 Å². The molecule has 0 bridgehead atoms. The number of aromatic nitrogens is 5. The van der Waals surface area contributed by atoms with Crippen molar-refractivity contribution in [3.63, 3.8) is 0 Å². The van der Waals surface area contributed by atoms with E-state index >= 15 is 0 Å². The smallest absolute Gasteiger partial charge is 0.356 e. The van der Waals surface area contributed by atoms with Gasteiger partial charge in [0, 0.05) is 13.1 Å². The lowest BCUT2D eigenvalue weighted by Gasteiger charge is -2.03. The molecule has 1 amide bonds. The van der Waals surface area contributed by atoms with E-state index in [1.54, 1.807) is 26.1 Å². The number of carbonyl (C=O) groups is 2. The number of hydrogen-bond acceptors (Lipinski definition) is 6. The summed E-state index contributed by atoms with van der Waals surface area (Å²) < 4.78 is 7.74. The highest BCUT2D eigenvalue weighted by molar-refractivity contribution is 6.42. The fourth-order valence-corrected chi connectivity index (χ4v) is 2.71. The summed E-state index contributed by atoms with van der Waals surface area (Å²) in [6.45, 7) is 2.32. The van der Waals surface area contributed by atoms with E-state index in [2.05, 4.69) is 20.5 Å². The maximum absolute atomic E-state index is 12.3. The molecule has 0 spiro atoms. The van der Waals surface area contributed by atoms with E-state index in [1.807, 2.05) is 6.07 Å². The molecule has 0 atom stereocenters. The predicted octanol–water partition coefficient (Wildman–Crippen LogP) is 2.80. The summed E-state index contributed by atoms with van der Waals surface area (Å²) in [4.78, 5) is 28.2. The van der Waals surface area contributed by atoms with Crippen molar-refractivity contribution in [3.05, 3.63) is 57.6 Å². The van der Waals surface area contributed by atoms with E-state index in [-0.39, 0.29) is 23.9 Å². The van der Waals surface area contributed by atoms with Gasteiger partial charge in [-0.1, -0.05) is 29.3 Å². The van der Waals surface area contributed by atoms with Gasteiger partial charge in [0.15, 0.2) is 5.69 Å². The number of carbonyl (C=O) groups excluding carboxylic acids is 2. The Labute approximate surface area is 170 Å². The van der Waals surface area contributed by atoms with Crippen LogP contribution in [-0.4, -0.2) is 43.0 Å². The molecule has 11 heteroatoms. The van der Waals surface area contributed by atoms with Crippen LogP contribution < -0.4 is 5.32 Å². The lowest BCUT2D eigenvalue weighted by atomic mass is 10.2. The van der Waals surface area contributed by atoms with Crippen molar-refractivity contribution >= 4 is 41.0 Å². The first kappa shape index (κ1) is 19.8. The largest absolute Gasteiger partial charge is 0.461 e. The minimum Gasteiger partial charge on any atom is -0.461 e. The number of hydrogen-bond donors (Lipinski definition) is 1. The maximum atomic E-state index is 12.3. The van der Waals surface area contributed by atoms with Gasteiger partial charge in [0.1, 0.15) is 12.0 Å². The van der Waals surface area contributed by atoms with Crippen molar-refractivity contribution in [2.45, 2.75) is 13.5 Å². The molecule has 28 heavy (non-hydrogen) atoms. The number of amides is 1. The first-order valence-electron chi connectivity index (χ1n) is 8.23. The van der Waals surface area contributed by atoms with Gasteiger partial charge in [-0.25, -0.2) is 14.5 Å². The lowest BCUT2D eigenvalue weighted by Crippen LogP contribution is -2.14. The van der Waals surface area contributed by atoms with E-state index in [1.165, 1.54) is 21.8 Å². The quantitative estimate of drug-likeness (QED) is 0.612. The second kappa shape index (κ2) is 8.41. The van der Waals surface area contributed by atoms with Gasteiger partial charge in [0.25, 0.3) is 5.91 Å². The van der Waals surface area contributed by atoms with Gasteiger partial charge in [0.05, 0.1) is 23.2 Å². The number of anilines is 1. The number of benzene rings is 1. The molecule has 3 aromatic rings. The summed E-state index contributed by atoms with van der Waals surface area (Å²) in [5.74, 6) is -0.993. The third-order valence-electron chi connectivity index (χ3n) is 3.69. The van der Waals surface area contributed by atoms with Crippen LogP contribution in [0.3, 0.4) is 0 Å². The fourth-order valence-electron chi connectivity index (χ4n) is 2.39. The van der Waals surface area contributed by atoms with Gasteiger partial charge in [-0.05, 0) is 24.6 Å². The summed E-state index contributed by atoms with van der Waals surface area (Å²) in [6.07, 6.45) is 1.47. The number of ether oxygens (including phenoxy) is 1. The Balaban J connectivity index is 1.67. The normalized spacial score (nSPS) is 10.7. The van der Waals surface area contributed by atoms with Crippen molar-refractivity contribution < 1.29 is 14.3 Å². The zero-order chi connectivity index (χ0) is 20.3. The Morgan fingerprint density at radius 1 is 1.18 bits per heavy atom. The summed E-state index contributed by atoms with van der Waals surface area (Å²) in [6, 6.07) is 6.59. The minimum atomic E-state index is -0.555. The first-order valence-corrected chi connectivity index (χ1v) is 8.99. The van der Waals surface area contributed by atoms with Crippen LogP contribution in [0.1, 0.15) is 33.5 Å². The van der Waals surface area contributed by atoms with Crippen molar-refractivity contribution in [3.8, 4) is 0 Å². The van der Waals surface area contributed by atoms with Crippen molar-refractivity contribution in [2.75, 3.05) is 11.9 Å². The van der Waals surface area contributed by atoms with Crippen LogP contribution in [0, 0.1) is 0 Å². The van der Waals surface area contributed by atoms with E-state index < -0.39 is 11.9 Å². The molecule has 1 aromatic carbocycles. The molecule has 0 aliphatic rings. The standard InChI is InChI=1S/C17H16Cl2N6O3/c1-3-28-16(27)14-7-13(22-24(14)2)15(26)21-17-20-9-25(23-17)8-10-4-5-11(18)12(19)6-10/h4-7,9H,3,8H2,1-2H3,(H,21,23,26). The number of esters is 1. The summed E-state index contributed by atoms with van der Waals surface area (Å²) in [5, 5.41) is 11.7. The highest BCUT2D eigenvalue weighted by Crippen LogP contribution is 2.22. The number of rotatable bonds is 6. The average Bonchev–Trinajstić information content (AvgIpc) is 3.25. The van der Waals surface area contributed by atoms with Crippen LogP contribution >= 0.6 is 23.2 Å². The third kappa shape index (κ3) is 4.49. The van der Waals surface area contributed by atoms with Crippen molar-refractivity contribution in [1.82, 2.24) is 24.5 Å².